The molecule has 0 saturated carbocycles. The molecule has 136 valence electrons. The predicted octanol–water partition coefficient (Wildman–Crippen LogP) is 3.52. The lowest BCUT2D eigenvalue weighted by atomic mass is 10.0. The molecule has 2 aromatic rings. The van der Waals surface area contributed by atoms with E-state index in [1.54, 1.807) is 4.68 Å². The second kappa shape index (κ2) is 8.35. The summed E-state index contributed by atoms with van der Waals surface area (Å²) in [7, 11) is 4.18. The third kappa shape index (κ3) is 4.63. The van der Waals surface area contributed by atoms with Crippen LogP contribution in [0.4, 0.5) is 0 Å². The van der Waals surface area contributed by atoms with Gasteiger partial charge in [0.2, 0.25) is 0 Å². The number of aromatic nitrogens is 2. The average Bonchev–Trinajstić information content (AvgIpc) is 2.87. The van der Waals surface area contributed by atoms with Crippen LogP contribution in [-0.2, 0) is 20.0 Å². The Balaban J connectivity index is 1.55. The van der Waals surface area contributed by atoms with Crippen LogP contribution in [0.3, 0.4) is 0 Å². The van der Waals surface area contributed by atoms with Crippen LogP contribution in [0.25, 0.3) is 0 Å². The molecule has 2 heterocycles. The van der Waals surface area contributed by atoms with Gasteiger partial charge in [-0.15, -0.1) is 0 Å². The number of piperidine rings is 1. The molecule has 1 aromatic carbocycles. The molecule has 0 spiro atoms. The molecule has 0 aliphatic carbocycles. The van der Waals surface area contributed by atoms with E-state index in [2.05, 4.69) is 59.2 Å². The molecule has 25 heavy (non-hydrogen) atoms. The van der Waals surface area contributed by atoms with Crippen molar-refractivity contribution in [3.05, 3.63) is 52.3 Å². The van der Waals surface area contributed by atoms with Crippen LogP contribution >= 0.6 is 11.6 Å². The average molecular weight is 361 g/mol. The summed E-state index contributed by atoms with van der Waals surface area (Å²) in [6, 6.07) is 11.4. The lowest BCUT2D eigenvalue weighted by molar-refractivity contribution is 0.112. The van der Waals surface area contributed by atoms with E-state index in [4.69, 9.17) is 11.6 Å². The lowest BCUT2D eigenvalue weighted by Gasteiger charge is -2.37. The zero-order chi connectivity index (χ0) is 17.8. The maximum Gasteiger partial charge on any atom is 0.131 e. The van der Waals surface area contributed by atoms with Gasteiger partial charge in [0, 0.05) is 38.3 Å². The van der Waals surface area contributed by atoms with Gasteiger partial charge in [-0.1, -0.05) is 41.9 Å². The minimum atomic E-state index is 0.619. The second-order valence-electron chi connectivity index (χ2n) is 7.23. The molecule has 1 aromatic heterocycles. The van der Waals surface area contributed by atoms with Crippen molar-refractivity contribution in [3.63, 3.8) is 0 Å². The fraction of sp³-hybridized carbons (Fsp3) is 0.550. The summed E-state index contributed by atoms with van der Waals surface area (Å²) in [6.07, 6.45) is 3.64. The lowest BCUT2D eigenvalue weighted by Crippen LogP contribution is -2.46. The van der Waals surface area contributed by atoms with E-state index in [0.717, 1.165) is 43.4 Å². The smallest absolute Gasteiger partial charge is 0.131 e. The van der Waals surface area contributed by atoms with Crippen molar-refractivity contribution < 1.29 is 0 Å². The fourth-order valence-electron chi connectivity index (χ4n) is 3.74. The quantitative estimate of drug-likeness (QED) is 0.787. The Bertz CT molecular complexity index is 683. The molecule has 1 fully saturated rings. The molecule has 1 atom stereocenters. The number of aryl methyl sites for hydroxylation is 2. The summed E-state index contributed by atoms with van der Waals surface area (Å²) in [5.74, 6) is 0. The summed E-state index contributed by atoms with van der Waals surface area (Å²) >= 11 is 6.41. The van der Waals surface area contributed by atoms with Crippen molar-refractivity contribution in [1.82, 2.24) is 19.6 Å². The van der Waals surface area contributed by atoms with E-state index in [-0.39, 0.29) is 0 Å². The van der Waals surface area contributed by atoms with Gasteiger partial charge >= 0.3 is 0 Å². The zero-order valence-electron chi connectivity index (χ0n) is 15.6. The highest BCUT2D eigenvalue weighted by atomic mass is 35.5. The Kier molecular flexibility index (Phi) is 6.15. The zero-order valence-corrected chi connectivity index (χ0v) is 16.3. The standard InChI is InChI=1S/C20H29ClN4/c1-16-19(20(21)24(3)22-16)15-25-12-7-10-18(14-25)23(2)13-11-17-8-5-4-6-9-17/h4-6,8-9,18H,7,10-15H2,1-3H3/t18-/m1/s1. The van der Waals surface area contributed by atoms with E-state index >= 15 is 0 Å². The first kappa shape index (κ1) is 18.4. The molecular formula is C20H29ClN4. The first-order valence-corrected chi connectivity index (χ1v) is 9.57. The largest absolute Gasteiger partial charge is 0.302 e. The number of halogens is 1. The molecule has 5 heteroatoms. The molecule has 1 aliphatic rings. The first-order valence-electron chi connectivity index (χ1n) is 9.19. The number of hydrogen-bond acceptors (Lipinski definition) is 3. The van der Waals surface area contributed by atoms with Crippen molar-refractivity contribution >= 4 is 11.6 Å². The van der Waals surface area contributed by atoms with E-state index in [1.165, 1.54) is 24.0 Å². The van der Waals surface area contributed by atoms with Crippen molar-refractivity contribution in [2.24, 2.45) is 7.05 Å². The third-order valence-electron chi connectivity index (χ3n) is 5.35. The maximum absolute atomic E-state index is 6.41. The molecule has 1 saturated heterocycles. The van der Waals surface area contributed by atoms with E-state index in [0.29, 0.717) is 6.04 Å². The first-order chi connectivity index (χ1) is 12.0. The van der Waals surface area contributed by atoms with Crippen LogP contribution in [0.15, 0.2) is 30.3 Å². The molecule has 0 radical (unpaired) electrons. The number of nitrogens with zero attached hydrogens (tertiary/aromatic N) is 4. The van der Waals surface area contributed by atoms with Crippen molar-refractivity contribution in [1.29, 1.82) is 0 Å². The topological polar surface area (TPSA) is 24.3 Å². The summed E-state index contributed by atoms with van der Waals surface area (Å²) in [5.41, 5.74) is 3.64. The van der Waals surface area contributed by atoms with Crippen LogP contribution in [0.2, 0.25) is 5.15 Å². The van der Waals surface area contributed by atoms with Gasteiger partial charge in [0.05, 0.1) is 5.69 Å². The van der Waals surface area contributed by atoms with E-state index < -0.39 is 0 Å². The van der Waals surface area contributed by atoms with Crippen LogP contribution in [-0.4, -0.2) is 52.3 Å². The molecule has 0 bridgehead atoms. The highest BCUT2D eigenvalue weighted by Crippen LogP contribution is 2.23. The van der Waals surface area contributed by atoms with Gasteiger partial charge in [-0.05, 0) is 45.3 Å². The Morgan fingerprint density at radius 1 is 1.28 bits per heavy atom. The minimum absolute atomic E-state index is 0.619. The van der Waals surface area contributed by atoms with E-state index in [1.807, 2.05) is 7.05 Å². The number of benzene rings is 1. The van der Waals surface area contributed by atoms with Gasteiger partial charge in [0.1, 0.15) is 5.15 Å². The summed E-state index contributed by atoms with van der Waals surface area (Å²) in [6.45, 7) is 6.31. The van der Waals surface area contributed by atoms with Crippen molar-refractivity contribution in [2.45, 2.75) is 38.8 Å². The molecule has 0 unspecified atom stereocenters. The predicted molar refractivity (Wildman–Crippen MR) is 104 cm³/mol. The Hall–Kier alpha value is -1.36. The number of hydrogen-bond donors (Lipinski definition) is 0. The summed E-state index contributed by atoms with van der Waals surface area (Å²) in [5, 5.41) is 5.22. The van der Waals surface area contributed by atoms with Gasteiger partial charge in [0.25, 0.3) is 0 Å². The Morgan fingerprint density at radius 2 is 2.04 bits per heavy atom. The number of rotatable bonds is 6. The van der Waals surface area contributed by atoms with Gasteiger partial charge in [0.15, 0.2) is 0 Å². The minimum Gasteiger partial charge on any atom is -0.302 e. The monoisotopic (exact) mass is 360 g/mol. The number of likely N-dealkylation sites (tertiary alicyclic amines) is 1. The SMILES string of the molecule is Cc1nn(C)c(Cl)c1CN1CCC[C@@H](N(C)CCc2ccccc2)C1. The summed E-state index contributed by atoms with van der Waals surface area (Å²) < 4.78 is 1.78. The van der Waals surface area contributed by atoms with Gasteiger partial charge < -0.3 is 4.90 Å². The van der Waals surface area contributed by atoms with E-state index in [9.17, 15) is 0 Å². The van der Waals surface area contributed by atoms with Crippen LogP contribution < -0.4 is 0 Å². The molecule has 1 aliphatic heterocycles. The van der Waals surface area contributed by atoms with Crippen molar-refractivity contribution in [2.75, 3.05) is 26.7 Å². The van der Waals surface area contributed by atoms with Crippen molar-refractivity contribution in [3.8, 4) is 0 Å². The number of likely N-dealkylation sites (N-methyl/N-ethyl adjacent to an activating group) is 1. The molecule has 0 amide bonds. The normalized spacial score (nSPS) is 18.8. The Labute approximate surface area is 156 Å². The van der Waals surface area contributed by atoms with Gasteiger partial charge in [-0.2, -0.15) is 5.10 Å². The fourth-order valence-corrected chi connectivity index (χ4v) is 3.98. The highest BCUT2D eigenvalue weighted by Gasteiger charge is 2.24. The third-order valence-corrected chi connectivity index (χ3v) is 5.82. The molecule has 3 rings (SSSR count). The van der Waals surface area contributed by atoms with Crippen LogP contribution in [0.5, 0.6) is 0 Å². The molecular weight excluding hydrogens is 332 g/mol. The van der Waals surface area contributed by atoms with Crippen LogP contribution in [0, 0.1) is 6.92 Å². The highest BCUT2D eigenvalue weighted by molar-refractivity contribution is 6.30. The van der Waals surface area contributed by atoms with Crippen LogP contribution in [0.1, 0.15) is 29.7 Å². The molecule has 4 nitrogen and oxygen atoms in total. The summed E-state index contributed by atoms with van der Waals surface area (Å²) in [4.78, 5) is 5.06. The maximum atomic E-state index is 6.41. The molecule has 0 N–H and O–H groups in total. The van der Waals surface area contributed by atoms with Gasteiger partial charge in [-0.3, -0.25) is 9.58 Å². The Morgan fingerprint density at radius 3 is 2.72 bits per heavy atom. The van der Waals surface area contributed by atoms with Gasteiger partial charge in [-0.25, -0.2) is 0 Å². The second-order valence-corrected chi connectivity index (χ2v) is 7.58.